The third kappa shape index (κ3) is 6.55. The smallest absolute Gasteiger partial charge is 0.258 e. The van der Waals surface area contributed by atoms with Gasteiger partial charge in [-0.05, 0) is 24.1 Å². The van der Waals surface area contributed by atoms with Gasteiger partial charge in [-0.25, -0.2) is 0 Å². The van der Waals surface area contributed by atoms with Crippen LogP contribution < -0.4 is 20.1 Å². The zero-order valence-corrected chi connectivity index (χ0v) is 14.2. The summed E-state index contributed by atoms with van der Waals surface area (Å²) in [4.78, 5) is 23.5. The number of carbonyl (C=O) groups is 2. The first-order valence-electron chi connectivity index (χ1n) is 8.02. The minimum Gasteiger partial charge on any atom is -0.493 e. The molecule has 0 aliphatic rings. The molecule has 0 bridgehead atoms. The fraction of sp³-hybridized carbons (Fsp3) is 0.263. The molecule has 0 fully saturated rings. The average molecular weight is 342 g/mol. The van der Waals surface area contributed by atoms with Crippen LogP contribution >= 0.6 is 0 Å². The van der Waals surface area contributed by atoms with Gasteiger partial charge in [0.25, 0.3) is 5.91 Å². The highest BCUT2D eigenvalue weighted by molar-refractivity contribution is 5.85. The van der Waals surface area contributed by atoms with Crippen LogP contribution in [0.5, 0.6) is 11.5 Å². The Morgan fingerprint density at radius 1 is 0.880 bits per heavy atom. The van der Waals surface area contributed by atoms with Crippen LogP contribution in [0.3, 0.4) is 0 Å². The highest BCUT2D eigenvalue weighted by atomic mass is 16.5. The minimum absolute atomic E-state index is 0.0804. The van der Waals surface area contributed by atoms with E-state index < -0.39 is 0 Å². The Kier molecular flexibility index (Phi) is 7.31. The molecule has 0 aromatic heterocycles. The Labute approximate surface area is 147 Å². The summed E-state index contributed by atoms with van der Waals surface area (Å²) in [5.41, 5.74) is 1.15. The Bertz CT molecular complexity index is 689. The predicted octanol–water partition coefficient (Wildman–Crippen LogP) is 1.55. The third-order valence-corrected chi connectivity index (χ3v) is 3.45. The zero-order valence-electron chi connectivity index (χ0n) is 14.2. The minimum atomic E-state index is -0.371. The molecule has 2 aromatic carbocycles. The largest absolute Gasteiger partial charge is 0.493 e. The summed E-state index contributed by atoms with van der Waals surface area (Å²) in [6, 6.07) is 16.9. The van der Waals surface area contributed by atoms with E-state index in [1.165, 1.54) is 7.11 Å². The van der Waals surface area contributed by atoms with Crippen LogP contribution in [-0.4, -0.2) is 38.6 Å². The molecule has 0 radical (unpaired) electrons. The van der Waals surface area contributed by atoms with E-state index in [9.17, 15) is 9.59 Å². The average Bonchev–Trinajstić information content (AvgIpc) is 2.65. The summed E-state index contributed by atoms with van der Waals surface area (Å²) in [5.74, 6) is 0.423. The van der Waals surface area contributed by atoms with Gasteiger partial charge < -0.3 is 20.1 Å². The van der Waals surface area contributed by atoms with Gasteiger partial charge in [0, 0.05) is 6.54 Å². The molecule has 2 N–H and O–H groups in total. The van der Waals surface area contributed by atoms with Crippen LogP contribution in [0, 0.1) is 0 Å². The molecule has 0 unspecified atom stereocenters. The molecule has 6 heteroatoms. The molecular formula is C19H22N2O4. The van der Waals surface area contributed by atoms with Crippen molar-refractivity contribution >= 4 is 11.8 Å². The molecule has 132 valence electrons. The number of methoxy groups -OCH3 is 1. The number of carbonyl (C=O) groups excluding carboxylic acids is 2. The topological polar surface area (TPSA) is 76.7 Å². The van der Waals surface area contributed by atoms with Crippen LogP contribution in [0.1, 0.15) is 5.56 Å². The summed E-state index contributed by atoms with van der Waals surface area (Å²) in [7, 11) is 1.53. The Balaban J connectivity index is 1.63. The van der Waals surface area contributed by atoms with Crippen molar-refractivity contribution in [1.29, 1.82) is 0 Å². The molecule has 2 rings (SSSR count). The van der Waals surface area contributed by atoms with E-state index in [1.807, 2.05) is 36.4 Å². The standard InChI is InChI=1S/C19H22N2O4/c1-24-16-9-5-6-10-17(16)25-14-19(23)21-13-18(22)20-12-11-15-7-3-2-4-8-15/h2-10H,11-14H2,1H3,(H,20,22)(H,21,23). The van der Waals surface area contributed by atoms with E-state index in [-0.39, 0.29) is 25.0 Å². The van der Waals surface area contributed by atoms with E-state index in [1.54, 1.807) is 18.2 Å². The first-order chi connectivity index (χ1) is 12.2. The number of hydrogen-bond acceptors (Lipinski definition) is 4. The lowest BCUT2D eigenvalue weighted by atomic mass is 10.1. The van der Waals surface area contributed by atoms with Crippen molar-refractivity contribution in [2.75, 3.05) is 26.8 Å². The van der Waals surface area contributed by atoms with Crippen molar-refractivity contribution in [3.05, 3.63) is 60.2 Å². The number of ether oxygens (including phenoxy) is 2. The first kappa shape index (κ1) is 18.3. The van der Waals surface area contributed by atoms with E-state index >= 15 is 0 Å². The van der Waals surface area contributed by atoms with Gasteiger partial charge in [0.2, 0.25) is 5.91 Å². The maximum absolute atomic E-state index is 11.8. The van der Waals surface area contributed by atoms with Gasteiger partial charge >= 0.3 is 0 Å². The second kappa shape index (κ2) is 9.97. The van der Waals surface area contributed by atoms with E-state index in [0.717, 1.165) is 12.0 Å². The quantitative estimate of drug-likeness (QED) is 0.725. The summed E-state index contributed by atoms with van der Waals surface area (Å²) in [6.07, 6.45) is 0.747. The second-order valence-corrected chi connectivity index (χ2v) is 5.30. The number of amides is 2. The molecule has 25 heavy (non-hydrogen) atoms. The predicted molar refractivity (Wildman–Crippen MR) is 94.7 cm³/mol. The first-order valence-corrected chi connectivity index (χ1v) is 8.02. The van der Waals surface area contributed by atoms with Gasteiger partial charge in [-0.2, -0.15) is 0 Å². The highest BCUT2D eigenvalue weighted by Gasteiger charge is 2.08. The number of rotatable bonds is 9. The molecule has 0 saturated carbocycles. The number of para-hydroxylation sites is 2. The van der Waals surface area contributed by atoms with Crippen molar-refractivity contribution in [1.82, 2.24) is 10.6 Å². The van der Waals surface area contributed by atoms with Crippen LogP contribution in [0.2, 0.25) is 0 Å². The molecule has 0 heterocycles. The summed E-state index contributed by atoms with van der Waals surface area (Å²) >= 11 is 0. The summed E-state index contributed by atoms with van der Waals surface area (Å²) in [6.45, 7) is 0.261. The number of benzene rings is 2. The zero-order chi connectivity index (χ0) is 17.9. The molecule has 0 aliphatic carbocycles. The fourth-order valence-corrected chi connectivity index (χ4v) is 2.16. The van der Waals surface area contributed by atoms with Gasteiger partial charge in [0.05, 0.1) is 13.7 Å². The van der Waals surface area contributed by atoms with Crippen LogP contribution in [-0.2, 0) is 16.0 Å². The molecule has 2 amide bonds. The summed E-state index contributed by atoms with van der Waals surface area (Å²) in [5, 5.41) is 5.29. The maximum Gasteiger partial charge on any atom is 0.258 e. The number of nitrogens with one attached hydrogen (secondary N) is 2. The van der Waals surface area contributed by atoms with Crippen molar-refractivity contribution in [2.24, 2.45) is 0 Å². The van der Waals surface area contributed by atoms with Gasteiger partial charge in [-0.1, -0.05) is 42.5 Å². The van der Waals surface area contributed by atoms with Crippen molar-refractivity contribution in [3.8, 4) is 11.5 Å². The van der Waals surface area contributed by atoms with E-state index in [4.69, 9.17) is 9.47 Å². The second-order valence-electron chi connectivity index (χ2n) is 5.30. The molecule has 0 atom stereocenters. The Hall–Kier alpha value is -3.02. The van der Waals surface area contributed by atoms with Crippen molar-refractivity contribution in [2.45, 2.75) is 6.42 Å². The molecule has 0 aliphatic heterocycles. The highest BCUT2D eigenvalue weighted by Crippen LogP contribution is 2.25. The molecule has 0 spiro atoms. The summed E-state index contributed by atoms with van der Waals surface area (Å²) < 4.78 is 10.5. The lowest BCUT2D eigenvalue weighted by molar-refractivity contribution is -0.127. The van der Waals surface area contributed by atoms with E-state index in [0.29, 0.717) is 18.0 Å². The number of hydrogen-bond donors (Lipinski definition) is 2. The van der Waals surface area contributed by atoms with Crippen molar-refractivity contribution in [3.63, 3.8) is 0 Å². The normalized spacial score (nSPS) is 9.96. The van der Waals surface area contributed by atoms with Gasteiger partial charge in [-0.3, -0.25) is 9.59 Å². The van der Waals surface area contributed by atoms with Gasteiger partial charge in [0.15, 0.2) is 18.1 Å². The fourth-order valence-electron chi connectivity index (χ4n) is 2.16. The van der Waals surface area contributed by atoms with Crippen LogP contribution in [0.4, 0.5) is 0 Å². The maximum atomic E-state index is 11.8. The Morgan fingerprint density at radius 3 is 2.28 bits per heavy atom. The van der Waals surface area contributed by atoms with E-state index in [2.05, 4.69) is 10.6 Å². The van der Waals surface area contributed by atoms with Crippen molar-refractivity contribution < 1.29 is 19.1 Å². The van der Waals surface area contributed by atoms with Gasteiger partial charge in [0.1, 0.15) is 0 Å². The third-order valence-electron chi connectivity index (χ3n) is 3.45. The monoisotopic (exact) mass is 342 g/mol. The SMILES string of the molecule is COc1ccccc1OCC(=O)NCC(=O)NCCc1ccccc1. The van der Waals surface area contributed by atoms with Gasteiger partial charge in [-0.15, -0.1) is 0 Å². The Morgan fingerprint density at radius 2 is 1.56 bits per heavy atom. The lowest BCUT2D eigenvalue weighted by Crippen LogP contribution is -2.39. The molecule has 6 nitrogen and oxygen atoms in total. The molecular weight excluding hydrogens is 320 g/mol. The lowest BCUT2D eigenvalue weighted by Gasteiger charge is -2.10. The van der Waals surface area contributed by atoms with Crippen LogP contribution in [0.25, 0.3) is 0 Å². The molecule has 2 aromatic rings. The molecule has 0 saturated heterocycles. The van der Waals surface area contributed by atoms with Crippen LogP contribution in [0.15, 0.2) is 54.6 Å².